The number of rotatable bonds is 8. The fourth-order valence-corrected chi connectivity index (χ4v) is 2.89. The van der Waals surface area contributed by atoms with Crippen molar-refractivity contribution < 1.29 is 8.95 Å². The maximum atomic E-state index is 12.2. The van der Waals surface area contributed by atoms with Crippen molar-refractivity contribution >= 4 is 16.7 Å². The van der Waals surface area contributed by atoms with Gasteiger partial charge in [0.2, 0.25) is 0 Å². The van der Waals surface area contributed by atoms with E-state index in [4.69, 9.17) is 4.74 Å². The Balaban J connectivity index is 0.00000163. The van der Waals surface area contributed by atoms with Gasteiger partial charge in [0, 0.05) is 11.8 Å². The Morgan fingerprint density at radius 1 is 1.08 bits per heavy atom. The number of hydrogen-bond acceptors (Lipinski definition) is 2. The average Bonchev–Trinajstić information content (AvgIpc) is 2.63. The van der Waals surface area contributed by atoms with E-state index >= 15 is 0 Å². The third kappa shape index (κ3) is 8.49. The maximum Gasteiger partial charge on any atom is 0.129 e. The molecule has 2 aromatic rings. The molecule has 3 nitrogen and oxygen atoms in total. The second-order valence-corrected chi connectivity index (χ2v) is 6.54. The van der Waals surface area contributed by atoms with Crippen LogP contribution >= 0.6 is 0 Å². The molecule has 1 unspecified atom stereocenters. The summed E-state index contributed by atoms with van der Waals surface area (Å²) < 4.78 is 20.8. The van der Waals surface area contributed by atoms with Gasteiger partial charge in [0.05, 0.1) is 5.75 Å². The molecule has 2 rings (SSSR count). The zero-order valence-electron chi connectivity index (χ0n) is 15.7. The zero-order valence-corrected chi connectivity index (χ0v) is 16.5. The van der Waals surface area contributed by atoms with E-state index in [0.717, 1.165) is 16.8 Å². The molecule has 0 saturated carbocycles. The van der Waals surface area contributed by atoms with E-state index in [1.807, 2.05) is 75.4 Å². The first-order valence-electron chi connectivity index (χ1n) is 8.52. The van der Waals surface area contributed by atoms with Crippen LogP contribution in [0.4, 0.5) is 5.69 Å². The van der Waals surface area contributed by atoms with Gasteiger partial charge in [0.15, 0.2) is 0 Å². The molecular formula is C22H27NO2S. The second kappa shape index (κ2) is 11.9. The van der Waals surface area contributed by atoms with Crippen molar-refractivity contribution in [2.24, 2.45) is 0 Å². The molecule has 0 aliphatic rings. The topological polar surface area (TPSA) is 38.3 Å². The Morgan fingerprint density at radius 3 is 2.42 bits per heavy atom. The van der Waals surface area contributed by atoms with Crippen molar-refractivity contribution in [1.29, 1.82) is 0 Å². The van der Waals surface area contributed by atoms with Crippen molar-refractivity contribution in [1.82, 2.24) is 0 Å². The minimum absolute atomic E-state index is 0.444. The lowest BCUT2D eigenvalue weighted by Gasteiger charge is -2.09. The largest absolute Gasteiger partial charge is 0.458 e. The highest BCUT2D eigenvalue weighted by molar-refractivity contribution is 7.85. The van der Waals surface area contributed by atoms with Crippen LogP contribution in [0.1, 0.15) is 26.3 Å². The summed E-state index contributed by atoms with van der Waals surface area (Å²) in [5.41, 5.74) is 2.68. The van der Waals surface area contributed by atoms with Crippen LogP contribution in [0.5, 0.6) is 5.75 Å². The fourth-order valence-electron chi connectivity index (χ4n) is 1.94. The predicted molar refractivity (Wildman–Crippen MR) is 113 cm³/mol. The minimum atomic E-state index is -1.21. The van der Waals surface area contributed by atoms with Crippen LogP contribution in [0.15, 0.2) is 91.2 Å². The van der Waals surface area contributed by atoms with Gasteiger partial charge >= 0.3 is 0 Å². The van der Waals surface area contributed by atoms with Crippen molar-refractivity contribution in [2.45, 2.75) is 26.5 Å². The van der Waals surface area contributed by atoms with Crippen molar-refractivity contribution in [3.05, 3.63) is 96.8 Å². The highest BCUT2D eigenvalue weighted by Gasteiger charge is 2.04. The van der Waals surface area contributed by atoms with Gasteiger partial charge in [-0.25, -0.2) is 4.21 Å². The Bertz CT molecular complexity index is 767. The number of allylic oxidation sites excluding steroid dienone is 3. The number of hydrogen-bond donors (Lipinski definition) is 1. The molecule has 0 aromatic heterocycles. The molecule has 0 heterocycles. The molecule has 0 bridgehead atoms. The SMILES string of the molecule is C=C(C)/C=C\C(=C)Oc1cccc(NS(=O)Cc2ccccc2)c1.CC. The maximum absolute atomic E-state index is 12.2. The Morgan fingerprint density at radius 2 is 1.77 bits per heavy atom. The third-order valence-corrected chi connectivity index (χ3v) is 4.07. The van der Waals surface area contributed by atoms with Crippen LogP contribution in [0.2, 0.25) is 0 Å². The van der Waals surface area contributed by atoms with Crippen LogP contribution in [0, 0.1) is 0 Å². The van der Waals surface area contributed by atoms with E-state index in [1.165, 1.54) is 0 Å². The highest BCUT2D eigenvalue weighted by Crippen LogP contribution is 2.20. The van der Waals surface area contributed by atoms with Gasteiger partial charge in [-0.2, -0.15) is 0 Å². The lowest BCUT2D eigenvalue weighted by atomic mass is 10.2. The summed E-state index contributed by atoms with van der Waals surface area (Å²) in [6.07, 6.45) is 3.59. The summed E-state index contributed by atoms with van der Waals surface area (Å²) in [6.45, 7) is 13.5. The summed E-state index contributed by atoms with van der Waals surface area (Å²) in [5, 5.41) is 0. The van der Waals surface area contributed by atoms with Gasteiger partial charge in [-0.3, -0.25) is 0 Å². The van der Waals surface area contributed by atoms with E-state index in [0.29, 0.717) is 17.3 Å². The monoisotopic (exact) mass is 369 g/mol. The number of ether oxygens (including phenoxy) is 1. The molecule has 4 heteroatoms. The Kier molecular flexibility index (Phi) is 9.80. The molecule has 26 heavy (non-hydrogen) atoms. The molecule has 138 valence electrons. The van der Waals surface area contributed by atoms with Crippen LogP contribution in [0.3, 0.4) is 0 Å². The van der Waals surface area contributed by atoms with Gasteiger partial charge in [-0.05, 0) is 30.7 Å². The van der Waals surface area contributed by atoms with Gasteiger partial charge in [0.1, 0.15) is 22.5 Å². The van der Waals surface area contributed by atoms with E-state index < -0.39 is 11.0 Å². The summed E-state index contributed by atoms with van der Waals surface area (Å²) in [5.74, 6) is 1.59. The molecule has 0 radical (unpaired) electrons. The smallest absolute Gasteiger partial charge is 0.129 e. The molecule has 0 aliphatic carbocycles. The number of nitrogens with one attached hydrogen (secondary N) is 1. The Labute approximate surface area is 159 Å². The van der Waals surface area contributed by atoms with Crippen molar-refractivity contribution in [3.8, 4) is 5.75 Å². The van der Waals surface area contributed by atoms with E-state index in [1.54, 1.807) is 12.1 Å². The number of anilines is 1. The zero-order chi connectivity index (χ0) is 19.4. The van der Waals surface area contributed by atoms with Crippen LogP contribution < -0.4 is 9.46 Å². The summed E-state index contributed by atoms with van der Waals surface area (Å²) in [4.78, 5) is 0. The standard InChI is InChI=1S/C20H21NO2S.C2H6/c1-16(2)12-13-17(3)23-20-11-7-10-19(14-20)21-24(22)15-18-8-5-4-6-9-18;1-2/h4-14,21H,1,3,15H2,2H3;1-2H3/b13-12-;. The fraction of sp³-hybridized carbons (Fsp3) is 0.182. The highest BCUT2D eigenvalue weighted by atomic mass is 32.2. The van der Waals surface area contributed by atoms with Crippen LogP contribution in [-0.4, -0.2) is 4.21 Å². The van der Waals surface area contributed by atoms with Gasteiger partial charge in [-0.15, -0.1) is 0 Å². The third-order valence-electron chi connectivity index (χ3n) is 3.01. The first kappa shape index (κ1) is 21.5. The average molecular weight is 370 g/mol. The van der Waals surface area contributed by atoms with Gasteiger partial charge < -0.3 is 9.46 Å². The van der Waals surface area contributed by atoms with Gasteiger partial charge in [0.25, 0.3) is 0 Å². The molecule has 2 aromatic carbocycles. The van der Waals surface area contributed by atoms with Crippen molar-refractivity contribution in [3.63, 3.8) is 0 Å². The summed E-state index contributed by atoms with van der Waals surface area (Å²) in [7, 11) is -1.21. The lowest BCUT2D eigenvalue weighted by Crippen LogP contribution is -2.07. The van der Waals surface area contributed by atoms with Crippen molar-refractivity contribution in [2.75, 3.05) is 4.72 Å². The predicted octanol–water partition coefficient (Wildman–Crippen LogP) is 6.01. The van der Waals surface area contributed by atoms with E-state index in [9.17, 15) is 4.21 Å². The lowest BCUT2D eigenvalue weighted by molar-refractivity contribution is 0.447. The van der Waals surface area contributed by atoms with Crippen LogP contribution in [-0.2, 0) is 16.7 Å². The van der Waals surface area contributed by atoms with Gasteiger partial charge in [-0.1, -0.05) is 75.1 Å². The van der Waals surface area contributed by atoms with Crippen LogP contribution in [0.25, 0.3) is 0 Å². The molecule has 0 amide bonds. The second-order valence-electron chi connectivity index (χ2n) is 5.35. The molecule has 1 atom stereocenters. The normalized spacial score (nSPS) is 11.2. The molecule has 1 N–H and O–H groups in total. The molecule has 0 aliphatic heterocycles. The first-order valence-corrected chi connectivity index (χ1v) is 9.84. The minimum Gasteiger partial charge on any atom is -0.458 e. The molecule has 0 fully saturated rings. The van der Waals surface area contributed by atoms with E-state index in [-0.39, 0.29) is 0 Å². The Hall–Kier alpha value is -2.59. The molecule has 0 saturated heterocycles. The molecule has 0 spiro atoms. The first-order chi connectivity index (χ1) is 12.5. The summed E-state index contributed by atoms with van der Waals surface area (Å²) in [6, 6.07) is 17.0. The molecular weight excluding hydrogens is 342 g/mol. The van der Waals surface area contributed by atoms with E-state index in [2.05, 4.69) is 17.9 Å². The summed E-state index contributed by atoms with van der Waals surface area (Å²) >= 11 is 0. The number of benzene rings is 2. The quantitative estimate of drug-likeness (QED) is 0.457.